The summed E-state index contributed by atoms with van der Waals surface area (Å²) < 4.78 is 16.8. The van der Waals surface area contributed by atoms with Gasteiger partial charge in [-0.05, 0) is 55.0 Å². The maximum absolute atomic E-state index is 12.4. The number of amides is 2. The minimum absolute atomic E-state index is 0.0634. The van der Waals surface area contributed by atoms with E-state index >= 15 is 0 Å². The number of hydrogen-bond acceptors (Lipinski definition) is 8. The molecule has 0 fully saturated rings. The summed E-state index contributed by atoms with van der Waals surface area (Å²) in [6.45, 7) is 3.82. The molecule has 35 heavy (non-hydrogen) atoms. The fraction of sp³-hybridized carbons (Fsp3) is 0.200. The molecule has 2 aromatic carbocycles. The van der Waals surface area contributed by atoms with E-state index in [0.717, 1.165) is 5.69 Å². The molecule has 0 aliphatic heterocycles. The number of benzene rings is 2. The first-order chi connectivity index (χ1) is 16.9. The number of carbonyl (C=O) groups excluding carboxylic acids is 2. The van der Waals surface area contributed by atoms with Crippen LogP contribution in [0.4, 0.5) is 10.8 Å². The molecule has 2 amide bonds. The summed E-state index contributed by atoms with van der Waals surface area (Å²) in [6.07, 6.45) is 1.47. The zero-order valence-electron chi connectivity index (χ0n) is 19.5. The Hall–Kier alpha value is -4.36. The number of thiazole rings is 1. The SMILES string of the molecule is COc1cc(/C=C(/C#N)C(=O)Nc2nc(C)cs2)ccc1OCCOc1ccc(NC(C)=O)cc1. The lowest BCUT2D eigenvalue weighted by atomic mass is 10.1. The van der Waals surface area contributed by atoms with Crippen molar-refractivity contribution in [3.63, 3.8) is 0 Å². The summed E-state index contributed by atoms with van der Waals surface area (Å²) in [6, 6.07) is 14.0. The summed E-state index contributed by atoms with van der Waals surface area (Å²) in [5.41, 5.74) is 2.02. The van der Waals surface area contributed by atoms with Gasteiger partial charge in [-0.15, -0.1) is 11.3 Å². The van der Waals surface area contributed by atoms with E-state index in [9.17, 15) is 14.9 Å². The summed E-state index contributed by atoms with van der Waals surface area (Å²) >= 11 is 1.29. The second-order valence-corrected chi connectivity index (χ2v) is 8.09. The lowest BCUT2D eigenvalue weighted by Crippen LogP contribution is -2.13. The minimum atomic E-state index is -0.539. The van der Waals surface area contributed by atoms with Crippen molar-refractivity contribution in [1.29, 1.82) is 5.26 Å². The molecule has 3 aromatic rings. The molecule has 3 rings (SSSR count). The van der Waals surface area contributed by atoms with Gasteiger partial charge >= 0.3 is 0 Å². The normalized spacial score (nSPS) is 10.7. The van der Waals surface area contributed by atoms with Gasteiger partial charge in [0.1, 0.15) is 30.6 Å². The van der Waals surface area contributed by atoms with Gasteiger partial charge in [-0.3, -0.25) is 14.9 Å². The van der Waals surface area contributed by atoms with Gasteiger partial charge in [0, 0.05) is 18.0 Å². The molecule has 10 heteroatoms. The predicted molar refractivity (Wildman–Crippen MR) is 134 cm³/mol. The van der Waals surface area contributed by atoms with Crippen LogP contribution in [0.15, 0.2) is 53.4 Å². The molecule has 180 valence electrons. The molecular weight excluding hydrogens is 468 g/mol. The number of aromatic nitrogens is 1. The van der Waals surface area contributed by atoms with Crippen LogP contribution in [0, 0.1) is 18.3 Å². The third-order valence-electron chi connectivity index (χ3n) is 4.49. The quantitative estimate of drug-likeness (QED) is 0.244. The second-order valence-electron chi connectivity index (χ2n) is 7.23. The highest BCUT2D eigenvalue weighted by atomic mass is 32.1. The number of hydrogen-bond donors (Lipinski definition) is 2. The van der Waals surface area contributed by atoms with E-state index in [0.29, 0.717) is 40.2 Å². The second kappa shape index (κ2) is 12.2. The van der Waals surface area contributed by atoms with Crippen LogP contribution < -0.4 is 24.8 Å². The van der Waals surface area contributed by atoms with Crippen molar-refractivity contribution in [2.75, 3.05) is 31.0 Å². The fourth-order valence-electron chi connectivity index (χ4n) is 2.93. The average molecular weight is 493 g/mol. The number of rotatable bonds is 10. The maximum Gasteiger partial charge on any atom is 0.268 e. The van der Waals surface area contributed by atoms with Crippen molar-refractivity contribution < 1.29 is 23.8 Å². The maximum atomic E-state index is 12.4. The monoisotopic (exact) mass is 492 g/mol. The topological polar surface area (TPSA) is 123 Å². The summed E-state index contributed by atoms with van der Waals surface area (Å²) in [5.74, 6) is 0.913. The van der Waals surface area contributed by atoms with Gasteiger partial charge in [0.15, 0.2) is 16.6 Å². The van der Waals surface area contributed by atoms with E-state index in [4.69, 9.17) is 14.2 Å². The largest absolute Gasteiger partial charge is 0.493 e. The van der Waals surface area contributed by atoms with Gasteiger partial charge in [-0.25, -0.2) is 4.98 Å². The van der Waals surface area contributed by atoms with Crippen molar-refractivity contribution in [3.05, 3.63) is 64.7 Å². The Bertz CT molecular complexity index is 1260. The van der Waals surface area contributed by atoms with Gasteiger partial charge in [-0.2, -0.15) is 5.26 Å². The van der Waals surface area contributed by atoms with E-state index in [-0.39, 0.29) is 18.1 Å². The van der Waals surface area contributed by atoms with Crippen molar-refractivity contribution in [1.82, 2.24) is 4.98 Å². The lowest BCUT2D eigenvalue weighted by Gasteiger charge is -2.12. The van der Waals surface area contributed by atoms with Crippen molar-refractivity contribution in [2.45, 2.75) is 13.8 Å². The Morgan fingerprint density at radius 1 is 1.09 bits per heavy atom. The Morgan fingerprint density at radius 2 is 1.83 bits per heavy atom. The van der Waals surface area contributed by atoms with Gasteiger partial charge < -0.3 is 19.5 Å². The number of carbonyl (C=O) groups is 2. The molecule has 0 spiro atoms. The lowest BCUT2D eigenvalue weighted by molar-refractivity contribution is -0.114. The standard InChI is InChI=1S/C25H24N4O5S/c1-16-15-35-25(27-16)29-24(31)19(14-26)12-18-4-9-22(23(13-18)32-3)34-11-10-33-21-7-5-20(6-8-21)28-17(2)30/h4-9,12-13,15H,10-11H2,1-3H3,(H,28,30)(H,27,29,31)/b19-12-. The van der Waals surface area contributed by atoms with Crippen LogP contribution in [0.25, 0.3) is 6.08 Å². The first-order valence-corrected chi connectivity index (χ1v) is 11.4. The minimum Gasteiger partial charge on any atom is -0.493 e. The van der Waals surface area contributed by atoms with Crippen LogP contribution in [0.2, 0.25) is 0 Å². The molecule has 0 radical (unpaired) electrons. The van der Waals surface area contributed by atoms with Gasteiger partial charge in [0.25, 0.3) is 5.91 Å². The Kier molecular flexibility index (Phi) is 8.81. The number of nitriles is 1. The van der Waals surface area contributed by atoms with Crippen LogP contribution in [0.5, 0.6) is 17.2 Å². The van der Waals surface area contributed by atoms with Crippen molar-refractivity contribution in [2.24, 2.45) is 0 Å². The number of ether oxygens (including phenoxy) is 3. The van der Waals surface area contributed by atoms with Crippen LogP contribution in [-0.4, -0.2) is 37.1 Å². The van der Waals surface area contributed by atoms with Gasteiger partial charge in [0.05, 0.1) is 12.8 Å². The smallest absolute Gasteiger partial charge is 0.268 e. The molecule has 2 N–H and O–H groups in total. The molecule has 0 bridgehead atoms. The fourth-order valence-corrected chi connectivity index (χ4v) is 3.62. The third-order valence-corrected chi connectivity index (χ3v) is 5.36. The van der Waals surface area contributed by atoms with E-state index < -0.39 is 5.91 Å². The summed E-state index contributed by atoms with van der Waals surface area (Å²) in [7, 11) is 1.51. The first kappa shape index (κ1) is 25.3. The van der Waals surface area contributed by atoms with E-state index in [2.05, 4.69) is 15.6 Å². The van der Waals surface area contributed by atoms with Crippen LogP contribution >= 0.6 is 11.3 Å². The molecule has 1 aromatic heterocycles. The van der Waals surface area contributed by atoms with Gasteiger partial charge in [0.2, 0.25) is 5.91 Å². The Morgan fingerprint density at radius 3 is 2.46 bits per heavy atom. The third kappa shape index (κ3) is 7.58. The molecule has 0 unspecified atom stereocenters. The molecule has 0 saturated carbocycles. The zero-order valence-corrected chi connectivity index (χ0v) is 20.3. The highest BCUT2D eigenvalue weighted by molar-refractivity contribution is 7.13. The molecule has 0 aliphatic rings. The average Bonchev–Trinajstić information content (AvgIpc) is 3.25. The molecule has 0 saturated heterocycles. The number of methoxy groups -OCH3 is 1. The summed E-state index contributed by atoms with van der Waals surface area (Å²) in [4.78, 5) is 27.7. The van der Waals surface area contributed by atoms with Gasteiger partial charge in [-0.1, -0.05) is 6.07 Å². The number of nitrogens with one attached hydrogen (secondary N) is 2. The highest BCUT2D eigenvalue weighted by Gasteiger charge is 2.13. The van der Waals surface area contributed by atoms with Crippen molar-refractivity contribution >= 4 is 40.0 Å². The Balaban J connectivity index is 1.57. The molecule has 0 aliphatic carbocycles. The predicted octanol–water partition coefficient (Wildman–Crippen LogP) is 4.42. The molecular formula is C25H24N4O5S. The van der Waals surface area contributed by atoms with Crippen LogP contribution in [-0.2, 0) is 9.59 Å². The number of aryl methyl sites for hydroxylation is 1. The van der Waals surface area contributed by atoms with E-state index in [1.165, 1.54) is 31.4 Å². The van der Waals surface area contributed by atoms with Crippen LogP contribution in [0.3, 0.4) is 0 Å². The molecule has 9 nitrogen and oxygen atoms in total. The first-order valence-electron chi connectivity index (χ1n) is 10.5. The highest BCUT2D eigenvalue weighted by Crippen LogP contribution is 2.29. The van der Waals surface area contributed by atoms with E-state index in [1.807, 2.05) is 18.4 Å². The molecule has 0 atom stereocenters. The van der Waals surface area contributed by atoms with Crippen LogP contribution in [0.1, 0.15) is 18.2 Å². The zero-order chi connectivity index (χ0) is 25.2. The van der Waals surface area contributed by atoms with E-state index in [1.54, 1.807) is 42.5 Å². The number of nitrogens with zero attached hydrogens (tertiary/aromatic N) is 2. The Labute approximate surface area is 207 Å². The summed E-state index contributed by atoms with van der Waals surface area (Å²) in [5, 5.41) is 17.0. The number of anilines is 2. The molecule has 1 heterocycles. The van der Waals surface area contributed by atoms with Crippen molar-refractivity contribution in [3.8, 4) is 23.3 Å².